The van der Waals surface area contributed by atoms with Crippen molar-refractivity contribution in [2.75, 3.05) is 52.8 Å². The van der Waals surface area contributed by atoms with E-state index < -0.39 is 0 Å². The van der Waals surface area contributed by atoms with Gasteiger partial charge in [0.1, 0.15) is 5.82 Å². The van der Waals surface area contributed by atoms with Gasteiger partial charge < -0.3 is 20.3 Å². The summed E-state index contributed by atoms with van der Waals surface area (Å²) >= 11 is 0. The molecule has 1 aromatic rings. The van der Waals surface area contributed by atoms with E-state index in [4.69, 9.17) is 4.74 Å². The van der Waals surface area contributed by atoms with Gasteiger partial charge in [-0.05, 0) is 26.2 Å². The number of likely N-dealkylation sites (N-methyl/N-ethyl adjacent to an activating group) is 1. The molecule has 0 aliphatic heterocycles. The van der Waals surface area contributed by atoms with Crippen molar-refractivity contribution in [3.63, 3.8) is 0 Å². The quantitative estimate of drug-likeness (QED) is 0.636. The van der Waals surface area contributed by atoms with Crippen molar-refractivity contribution >= 4 is 11.7 Å². The zero-order valence-electron chi connectivity index (χ0n) is 11.6. The minimum absolute atomic E-state index is 0.244. The van der Waals surface area contributed by atoms with E-state index in [0.29, 0.717) is 31.3 Å². The van der Waals surface area contributed by atoms with Crippen LogP contribution in [-0.4, -0.2) is 68.5 Å². The number of aromatic nitrogens is 2. The van der Waals surface area contributed by atoms with Crippen LogP contribution >= 0.6 is 0 Å². The third kappa shape index (κ3) is 6.12. The summed E-state index contributed by atoms with van der Waals surface area (Å²) in [6.45, 7) is 2.47. The maximum atomic E-state index is 11.7. The SMILES string of the molecule is CNc1ccc(C(=O)NCCOCCN(C)C)nn1. The lowest BCUT2D eigenvalue weighted by atomic mass is 10.3. The lowest BCUT2D eigenvalue weighted by Crippen LogP contribution is -2.29. The normalized spacial score (nSPS) is 10.5. The van der Waals surface area contributed by atoms with Crippen LogP contribution in [0.25, 0.3) is 0 Å². The van der Waals surface area contributed by atoms with E-state index in [1.807, 2.05) is 19.0 Å². The van der Waals surface area contributed by atoms with Gasteiger partial charge in [0.2, 0.25) is 0 Å². The minimum Gasteiger partial charge on any atom is -0.378 e. The molecule has 1 rings (SSSR count). The molecule has 0 aliphatic carbocycles. The van der Waals surface area contributed by atoms with Crippen molar-refractivity contribution in [3.8, 4) is 0 Å². The first-order chi connectivity index (χ1) is 9.13. The van der Waals surface area contributed by atoms with Gasteiger partial charge in [-0.25, -0.2) is 0 Å². The summed E-state index contributed by atoms with van der Waals surface area (Å²) in [5, 5.41) is 13.2. The van der Waals surface area contributed by atoms with Crippen LogP contribution in [0.2, 0.25) is 0 Å². The Hall–Kier alpha value is -1.73. The molecule has 0 spiro atoms. The van der Waals surface area contributed by atoms with Crippen LogP contribution in [0.15, 0.2) is 12.1 Å². The van der Waals surface area contributed by atoms with Crippen molar-refractivity contribution in [1.29, 1.82) is 0 Å². The summed E-state index contributed by atoms with van der Waals surface area (Å²) in [5.41, 5.74) is 0.298. The first-order valence-electron chi connectivity index (χ1n) is 6.15. The van der Waals surface area contributed by atoms with Gasteiger partial charge in [0.25, 0.3) is 5.91 Å². The molecule has 1 aromatic heterocycles. The van der Waals surface area contributed by atoms with E-state index in [-0.39, 0.29) is 5.91 Å². The van der Waals surface area contributed by atoms with Gasteiger partial charge in [0.05, 0.1) is 13.2 Å². The van der Waals surface area contributed by atoms with Crippen LogP contribution in [0.5, 0.6) is 0 Å². The predicted octanol–water partition coefficient (Wildman–Crippen LogP) is -0.174. The molecule has 106 valence electrons. The van der Waals surface area contributed by atoms with Gasteiger partial charge >= 0.3 is 0 Å². The average Bonchev–Trinajstić information content (AvgIpc) is 2.42. The van der Waals surface area contributed by atoms with Crippen molar-refractivity contribution in [2.24, 2.45) is 0 Å². The average molecular weight is 267 g/mol. The Labute approximate surface area is 113 Å². The Kier molecular flexibility index (Phi) is 6.76. The number of carbonyl (C=O) groups is 1. The molecule has 1 amide bonds. The van der Waals surface area contributed by atoms with Gasteiger partial charge in [0, 0.05) is 20.1 Å². The number of rotatable bonds is 8. The van der Waals surface area contributed by atoms with Gasteiger partial charge in [-0.3, -0.25) is 4.79 Å². The Morgan fingerprint density at radius 1 is 1.32 bits per heavy atom. The van der Waals surface area contributed by atoms with Crippen LogP contribution < -0.4 is 10.6 Å². The fourth-order valence-corrected chi connectivity index (χ4v) is 1.26. The molecular weight excluding hydrogens is 246 g/mol. The van der Waals surface area contributed by atoms with Gasteiger partial charge in [-0.1, -0.05) is 0 Å². The molecule has 2 N–H and O–H groups in total. The minimum atomic E-state index is -0.244. The summed E-state index contributed by atoms with van der Waals surface area (Å²) in [7, 11) is 5.71. The second-order valence-corrected chi connectivity index (χ2v) is 4.23. The first-order valence-corrected chi connectivity index (χ1v) is 6.15. The summed E-state index contributed by atoms with van der Waals surface area (Å²) in [6, 6.07) is 3.33. The van der Waals surface area contributed by atoms with Gasteiger partial charge in [-0.15, -0.1) is 10.2 Å². The second kappa shape index (κ2) is 8.39. The Balaban J connectivity index is 2.20. The maximum absolute atomic E-state index is 11.7. The molecule has 0 radical (unpaired) electrons. The third-order valence-corrected chi connectivity index (χ3v) is 2.37. The first kappa shape index (κ1) is 15.3. The molecule has 0 bridgehead atoms. The molecule has 0 saturated heterocycles. The van der Waals surface area contributed by atoms with E-state index in [1.165, 1.54) is 0 Å². The number of nitrogens with one attached hydrogen (secondary N) is 2. The molecule has 0 fully saturated rings. The summed E-state index contributed by atoms with van der Waals surface area (Å²) in [6.07, 6.45) is 0. The standard InChI is InChI=1S/C12H21N5O2/c1-13-11-5-4-10(15-16-11)12(18)14-6-8-19-9-7-17(2)3/h4-5H,6-9H2,1-3H3,(H,13,16)(H,14,18). The van der Waals surface area contributed by atoms with Crippen LogP contribution in [0, 0.1) is 0 Å². The fraction of sp³-hybridized carbons (Fsp3) is 0.583. The van der Waals surface area contributed by atoms with Crippen LogP contribution in [-0.2, 0) is 4.74 Å². The number of anilines is 1. The number of hydrogen-bond donors (Lipinski definition) is 2. The molecule has 0 atom stereocenters. The van der Waals surface area contributed by atoms with E-state index in [9.17, 15) is 4.79 Å². The van der Waals surface area contributed by atoms with Crippen LogP contribution in [0.4, 0.5) is 5.82 Å². The molecular formula is C12H21N5O2. The number of nitrogens with zero attached hydrogens (tertiary/aromatic N) is 3. The molecule has 1 heterocycles. The second-order valence-electron chi connectivity index (χ2n) is 4.23. The highest BCUT2D eigenvalue weighted by atomic mass is 16.5. The van der Waals surface area contributed by atoms with Gasteiger partial charge in [-0.2, -0.15) is 0 Å². The molecule has 7 heteroatoms. The molecule has 0 saturated carbocycles. The van der Waals surface area contributed by atoms with E-state index in [0.717, 1.165) is 6.54 Å². The molecule has 7 nitrogen and oxygen atoms in total. The summed E-state index contributed by atoms with van der Waals surface area (Å²) in [5.74, 6) is 0.384. The third-order valence-electron chi connectivity index (χ3n) is 2.37. The van der Waals surface area contributed by atoms with Crippen LogP contribution in [0.1, 0.15) is 10.5 Å². The predicted molar refractivity (Wildman–Crippen MR) is 73.3 cm³/mol. The topological polar surface area (TPSA) is 79.4 Å². The number of ether oxygens (including phenoxy) is 1. The van der Waals surface area contributed by atoms with Crippen molar-refractivity contribution in [1.82, 2.24) is 20.4 Å². The highest BCUT2D eigenvalue weighted by molar-refractivity contribution is 5.92. The number of hydrogen-bond acceptors (Lipinski definition) is 6. The monoisotopic (exact) mass is 267 g/mol. The zero-order valence-corrected chi connectivity index (χ0v) is 11.6. The summed E-state index contributed by atoms with van der Waals surface area (Å²) < 4.78 is 5.36. The highest BCUT2D eigenvalue weighted by Crippen LogP contribution is 2.00. The molecule has 0 aliphatic rings. The smallest absolute Gasteiger partial charge is 0.271 e. The molecule has 0 unspecified atom stereocenters. The molecule has 0 aromatic carbocycles. The number of carbonyl (C=O) groups excluding carboxylic acids is 1. The number of amides is 1. The Morgan fingerprint density at radius 3 is 2.68 bits per heavy atom. The van der Waals surface area contributed by atoms with Gasteiger partial charge in [0.15, 0.2) is 5.69 Å². The highest BCUT2D eigenvalue weighted by Gasteiger charge is 2.06. The Morgan fingerprint density at radius 2 is 2.11 bits per heavy atom. The van der Waals surface area contributed by atoms with Crippen molar-refractivity contribution in [3.05, 3.63) is 17.8 Å². The summed E-state index contributed by atoms with van der Waals surface area (Å²) in [4.78, 5) is 13.7. The van der Waals surface area contributed by atoms with E-state index >= 15 is 0 Å². The lowest BCUT2D eigenvalue weighted by molar-refractivity contribution is 0.0895. The fourth-order valence-electron chi connectivity index (χ4n) is 1.26. The van der Waals surface area contributed by atoms with E-state index in [2.05, 4.69) is 20.8 Å². The Bertz CT molecular complexity index is 380. The van der Waals surface area contributed by atoms with Crippen molar-refractivity contribution < 1.29 is 9.53 Å². The zero-order chi connectivity index (χ0) is 14.1. The van der Waals surface area contributed by atoms with Crippen molar-refractivity contribution in [2.45, 2.75) is 0 Å². The van der Waals surface area contributed by atoms with E-state index in [1.54, 1.807) is 19.2 Å². The maximum Gasteiger partial charge on any atom is 0.271 e. The van der Waals surface area contributed by atoms with Crippen LogP contribution in [0.3, 0.4) is 0 Å². The lowest BCUT2D eigenvalue weighted by Gasteiger charge is -2.10. The molecule has 19 heavy (non-hydrogen) atoms. The largest absolute Gasteiger partial charge is 0.378 e.